The van der Waals surface area contributed by atoms with Gasteiger partial charge in [-0.15, -0.1) is 0 Å². The van der Waals surface area contributed by atoms with Gasteiger partial charge in [0, 0.05) is 6.20 Å². The van der Waals surface area contributed by atoms with Gasteiger partial charge in [0.25, 0.3) is 12.3 Å². The molecule has 0 bridgehead atoms. The van der Waals surface area contributed by atoms with Gasteiger partial charge in [0.05, 0.1) is 24.8 Å². The second-order valence-electron chi connectivity index (χ2n) is 2.96. The Morgan fingerprint density at radius 2 is 2.24 bits per heavy atom. The van der Waals surface area contributed by atoms with Gasteiger partial charge >= 0.3 is 5.97 Å². The molecule has 7 heteroatoms. The molecule has 0 aliphatic carbocycles. The van der Waals surface area contributed by atoms with Crippen LogP contribution in [0.4, 0.5) is 8.78 Å². The maximum absolute atomic E-state index is 12.8. The van der Waals surface area contributed by atoms with Gasteiger partial charge in [-0.05, 0) is 6.92 Å². The molecule has 0 atom stereocenters. The molecule has 5 nitrogen and oxygen atoms in total. The van der Waals surface area contributed by atoms with Gasteiger partial charge in [0.2, 0.25) is 0 Å². The number of halogens is 2. The van der Waals surface area contributed by atoms with Gasteiger partial charge in [-0.25, -0.2) is 18.6 Å². The second-order valence-corrected chi connectivity index (χ2v) is 2.96. The predicted molar refractivity (Wildman–Crippen MR) is 53.4 cm³/mol. The van der Waals surface area contributed by atoms with Crippen LogP contribution in [-0.4, -0.2) is 29.8 Å². The quantitative estimate of drug-likeness (QED) is 0.823. The smallest absolute Gasteiger partial charge is 0.340 e. The number of ether oxygens (including phenoxy) is 2. The molecule has 0 aliphatic rings. The Labute approximate surface area is 96.0 Å². The van der Waals surface area contributed by atoms with Crippen molar-refractivity contribution in [3.05, 3.63) is 17.3 Å². The lowest BCUT2D eigenvalue weighted by Gasteiger charge is -2.11. The number of hydrogen-bond acceptors (Lipinski definition) is 5. The Morgan fingerprint density at radius 3 is 2.71 bits per heavy atom. The molecule has 1 aromatic rings. The number of methoxy groups -OCH3 is 1. The van der Waals surface area contributed by atoms with E-state index in [1.165, 1.54) is 14.0 Å². The van der Waals surface area contributed by atoms with Crippen LogP contribution in [-0.2, 0) is 4.74 Å². The summed E-state index contributed by atoms with van der Waals surface area (Å²) in [5.41, 5.74) is -1.31. The van der Waals surface area contributed by atoms with Crippen molar-refractivity contribution in [3.63, 3.8) is 0 Å². The van der Waals surface area contributed by atoms with Crippen LogP contribution in [0.15, 0.2) is 6.20 Å². The Kier molecular flexibility index (Phi) is 4.19. The van der Waals surface area contributed by atoms with Gasteiger partial charge in [0.15, 0.2) is 5.75 Å². The number of rotatable bonds is 4. The molecule has 0 aromatic carbocycles. The average molecular weight is 247 g/mol. The normalized spacial score (nSPS) is 10.4. The van der Waals surface area contributed by atoms with Crippen molar-refractivity contribution >= 4 is 5.97 Å². The summed E-state index contributed by atoms with van der Waals surface area (Å²) in [4.78, 5) is 14.9. The third-order valence-electron chi connectivity index (χ3n) is 1.97. The number of pyridine rings is 1. The number of esters is 1. The number of hydrogen-bond donors (Lipinski definition) is 1. The zero-order chi connectivity index (χ0) is 13.0. The highest BCUT2D eigenvalue weighted by Crippen LogP contribution is 2.37. The van der Waals surface area contributed by atoms with Crippen molar-refractivity contribution in [1.29, 1.82) is 0 Å². The standard InChI is InChI=1S/C10H11F2NO4/c1-3-17-10(15)5-4-13-9(16-2)7(14)6(5)8(11)12/h4,8,14H,3H2,1-2H3. The molecule has 0 saturated heterocycles. The highest BCUT2D eigenvalue weighted by Gasteiger charge is 2.26. The minimum absolute atomic E-state index is 0.0360. The molecule has 0 spiro atoms. The van der Waals surface area contributed by atoms with Gasteiger partial charge in [0.1, 0.15) is 0 Å². The first kappa shape index (κ1) is 13.1. The Bertz CT molecular complexity index is 423. The number of carbonyl (C=O) groups excluding carboxylic acids is 1. The first-order chi connectivity index (χ1) is 8.02. The minimum Gasteiger partial charge on any atom is -0.503 e. The van der Waals surface area contributed by atoms with E-state index in [9.17, 15) is 18.7 Å². The molecule has 1 rings (SSSR count). The molecular weight excluding hydrogens is 236 g/mol. The maximum atomic E-state index is 12.8. The SMILES string of the molecule is CCOC(=O)c1cnc(OC)c(O)c1C(F)F. The fourth-order valence-electron chi connectivity index (χ4n) is 1.24. The van der Waals surface area contributed by atoms with E-state index in [1.54, 1.807) is 0 Å². The van der Waals surface area contributed by atoms with Crippen LogP contribution in [0.5, 0.6) is 11.6 Å². The summed E-state index contributed by atoms with van der Waals surface area (Å²) < 4.78 is 34.7. The minimum atomic E-state index is -3.04. The molecule has 0 saturated carbocycles. The lowest BCUT2D eigenvalue weighted by atomic mass is 10.1. The van der Waals surface area contributed by atoms with E-state index < -0.39 is 29.3 Å². The first-order valence-corrected chi connectivity index (χ1v) is 4.74. The predicted octanol–water partition coefficient (Wildman–Crippen LogP) is 1.91. The van der Waals surface area contributed by atoms with E-state index in [1.807, 2.05) is 0 Å². The first-order valence-electron chi connectivity index (χ1n) is 4.74. The van der Waals surface area contributed by atoms with Crippen LogP contribution < -0.4 is 4.74 Å². The van der Waals surface area contributed by atoms with Crippen molar-refractivity contribution in [2.45, 2.75) is 13.3 Å². The van der Waals surface area contributed by atoms with Crippen LogP contribution in [0.1, 0.15) is 29.3 Å². The zero-order valence-electron chi connectivity index (χ0n) is 9.24. The van der Waals surface area contributed by atoms with E-state index in [2.05, 4.69) is 14.5 Å². The van der Waals surface area contributed by atoms with Crippen molar-refractivity contribution in [2.24, 2.45) is 0 Å². The third-order valence-corrected chi connectivity index (χ3v) is 1.97. The number of aromatic hydroxyl groups is 1. The topological polar surface area (TPSA) is 68.7 Å². The van der Waals surface area contributed by atoms with Crippen molar-refractivity contribution < 1.29 is 28.2 Å². The fraction of sp³-hybridized carbons (Fsp3) is 0.400. The Hall–Kier alpha value is -1.92. The average Bonchev–Trinajstić information content (AvgIpc) is 2.28. The van der Waals surface area contributed by atoms with Gasteiger partial charge in [-0.1, -0.05) is 0 Å². The summed E-state index contributed by atoms with van der Waals surface area (Å²) in [5.74, 6) is -2.19. The molecule has 0 amide bonds. The molecule has 1 aromatic heterocycles. The summed E-state index contributed by atoms with van der Waals surface area (Å²) in [7, 11) is 1.17. The fourth-order valence-corrected chi connectivity index (χ4v) is 1.24. The molecule has 0 fully saturated rings. The van der Waals surface area contributed by atoms with Gasteiger partial charge in [-0.2, -0.15) is 0 Å². The molecular formula is C10H11F2NO4. The second kappa shape index (κ2) is 5.42. The third kappa shape index (κ3) is 2.61. The Morgan fingerprint density at radius 1 is 1.59 bits per heavy atom. The van der Waals surface area contributed by atoms with E-state index in [-0.39, 0.29) is 12.5 Å². The molecule has 0 aliphatic heterocycles. The number of nitrogens with zero attached hydrogens (tertiary/aromatic N) is 1. The van der Waals surface area contributed by atoms with Crippen molar-refractivity contribution in [2.75, 3.05) is 13.7 Å². The summed E-state index contributed by atoms with van der Waals surface area (Å²) in [6.07, 6.45) is -2.15. The van der Waals surface area contributed by atoms with Crippen LogP contribution in [0, 0.1) is 0 Å². The zero-order valence-corrected chi connectivity index (χ0v) is 9.24. The van der Waals surface area contributed by atoms with Crippen molar-refractivity contribution in [3.8, 4) is 11.6 Å². The lowest BCUT2D eigenvalue weighted by Crippen LogP contribution is -2.10. The summed E-state index contributed by atoms with van der Waals surface area (Å²) >= 11 is 0. The van der Waals surface area contributed by atoms with E-state index in [4.69, 9.17) is 0 Å². The van der Waals surface area contributed by atoms with Gasteiger partial charge in [-0.3, -0.25) is 0 Å². The molecule has 0 unspecified atom stereocenters. The Balaban J connectivity index is 3.31. The molecule has 94 valence electrons. The summed E-state index contributed by atoms with van der Waals surface area (Å²) in [6, 6.07) is 0. The van der Waals surface area contributed by atoms with Crippen LogP contribution >= 0.6 is 0 Å². The molecule has 1 N–H and O–H groups in total. The monoisotopic (exact) mass is 247 g/mol. The maximum Gasteiger partial charge on any atom is 0.340 e. The van der Waals surface area contributed by atoms with E-state index in [0.717, 1.165) is 6.20 Å². The summed E-state index contributed by atoms with van der Waals surface area (Å²) in [5, 5.41) is 9.48. The highest BCUT2D eigenvalue weighted by molar-refractivity contribution is 5.91. The van der Waals surface area contributed by atoms with E-state index >= 15 is 0 Å². The number of alkyl halides is 2. The number of aromatic nitrogens is 1. The van der Waals surface area contributed by atoms with Crippen LogP contribution in [0.2, 0.25) is 0 Å². The largest absolute Gasteiger partial charge is 0.503 e. The van der Waals surface area contributed by atoms with E-state index in [0.29, 0.717) is 0 Å². The summed E-state index contributed by atoms with van der Waals surface area (Å²) in [6.45, 7) is 1.57. The van der Waals surface area contributed by atoms with Crippen LogP contribution in [0.25, 0.3) is 0 Å². The van der Waals surface area contributed by atoms with Gasteiger partial charge < -0.3 is 14.6 Å². The van der Waals surface area contributed by atoms with Crippen LogP contribution in [0.3, 0.4) is 0 Å². The number of carbonyl (C=O) groups is 1. The van der Waals surface area contributed by atoms with Crippen molar-refractivity contribution in [1.82, 2.24) is 4.98 Å². The lowest BCUT2D eigenvalue weighted by molar-refractivity contribution is 0.0513. The highest BCUT2D eigenvalue weighted by atomic mass is 19.3. The molecule has 1 heterocycles. The molecule has 17 heavy (non-hydrogen) atoms. The molecule has 0 radical (unpaired) electrons.